The second-order valence-electron chi connectivity index (χ2n) is 8.18. The molecule has 2 heterocycles. The molecular weight excluding hydrogens is 438 g/mol. The van der Waals surface area contributed by atoms with Gasteiger partial charge in [0.1, 0.15) is 10.8 Å². The number of anilines is 1. The van der Waals surface area contributed by atoms with Gasteiger partial charge in [-0.3, -0.25) is 4.79 Å². The van der Waals surface area contributed by atoms with Gasteiger partial charge in [0.2, 0.25) is 0 Å². The van der Waals surface area contributed by atoms with E-state index in [0.29, 0.717) is 11.4 Å². The van der Waals surface area contributed by atoms with Crippen molar-refractivity contribution in [3.05, 3.63) is 114 Å². The molecule has 34 heavy (non-hydrogen) atoms. The minimum atomic E-state index is -0.186. The molecule has 2 aromatic heterocycles. The van der Waals surface area contributed by atoms with Gasteiger partial charge in [-0.15, -0.1) is 11.3 Å². The molecule has 1 N–H and O–H groups in total. The Hall–Kier alpha value is -4.09. The van der Waals surface area contributed by atoms with Crippen LogP contribution in [0.4, 0.5) is 5.82 Å². The Balaban J connectivity index is 1.56. The molecule has 0 bridgehead atoms. The molecule has 5 heteroatoms. The minimum Gasteiger partial charge on any atom is -0.307 e. The summed E-state index contributed by atoms with van der Waals surface area (Å²) in [4.78, 5) is 23.1. The average molecular weight is 462 g/mol. The molecule has 166 valence electrons. The molecule has 0 spiro atoms. The fraction of sp³-hybridized carbons (Fsp3) is 0.0690. The van der Waals surface area contributed by atoms with Crippen molar-refractivity contribution in [2.24, 2.45) is 0 Å². The summed E-state index contributed by atoms with van der Waals surface area (Å²) in [5.74, 6) is 0.320. The molecule has 0 fully saturated rings. The Morgan fingerprint density at radius 1 is 0.765 bits per heavy atom. The molecule has 0 unspecified atom stereocenters. The summed E-state index contributed by atoms with van der Waals surface area (Å²) in [6.07, 6.45) is 1.72. The van der Waals surface area contributed by atoms with Gasteiger partial charge in [-0.25, -0.2) is 9.97 Å². The van der Waals surface area contributed by atoms with Gasteiger partial charge in [-0.2, -0.15) is 0 Å². The molecule has 4 nitrogen and oxygen atoms in total. The summed E-state index contributed by atoms with van der Waals surface area (Å²) in [5, 5.41) is 3.87. The predicted molar refractivity (Wildman–Crippen MR) is 140 cm³/mol. The van der Waals surface area contributed by atoms with Crippen molar-refractivity contribution in [2.45, 2.75) is 13.8 Å². The molecule has 0 aliphatic rings. The zero-order chi connectivity index (χ0) is 23.5. The number of aromatic nitrogens is 2. The number of benzene rings is 3. The van der Waals surface area contributed by atoms with Crippen LogP contribution in [0.25, 0.3) is 32.3 Å². The van der Waals surface area contributed by atoms with E-state index in [1.54, 1.807) is 29.7 Å². The lowest BCUT2D eigenvalue weighted by atomic mass is 10.1. The van der Waals surface area contributed by atoms with Gasteiger partial charge < -0.3 is 5.32 Å². The Morgan fingerprint density at radius 2 is 1.56 bits per heavy atom. The molecular formula is C29H23N3OS. The SMILES string of the molecule is Cc1ccc(-c2nc(-c3cccc(C)c3)c(-c3ccnc(NC(=O)c4ccccc4)c3)s2)cc1. The molecule has 0 aliphatic heterocycles. The normalized spacial score (nSPS) is 10.8. The first kappa shape index (κ1) is 21.7. The van der Waals surface area contributed by atoms with Crippen molar-refractivity contribution in [1.29, 1.82) is 0 Å². The zero-order valence-electron chi connectivity index (χ0n) is 18.9. The third-order valence-electron chi connectivity index (χ3n) is 5.52. The van der Waals surface area contributed by atoms with Crippen LogP contribution in [0.15, 0.2) is 97.2 Å². The van der Waals surface area contributed by atoms with Gasteiger partial charge in [0.15, 0.2) is 0 Å². The van der Waals surface area contributed by atoms with Crippen molar-refractivity contribution in [1.82, 2.24) is 9.97 Å². The maximum absolute atomic E-state index is 12.6. The van der Waals surface area contributed by atoms with Gasteiger partial charge in [-0.05, 0) is 49.7 Å². The number of carbonyl (C=O) groups is 1. The van der Waals surface area contributed by atoms with Crippen molar-refractivity contribution < 1.29 is 4.79 Å². The van der Waals surface area contributed by atoms with Gasteiger partial charge in [0.05, 0.1) is 10.6 Å². The van der Waals surface area contributed by atoms with Crippen LogP contribution in [0, 0.1) is 13.8 Å². The van der Waals surface area contributed by atoms with Crippen molar-refractivity contribution in [2.75, 3.05) is 5.32 Å². The van der Waals surface area contributed by atoms with Crippen LogP contribution in [0.1, 0.15) is 21.5 Å². The maximum atomic E-state index is 12.6. The lowest BCUT2D eigenvalue weighted by molar-refractivity contribution is 0.102. The van der Waals surface area contributed by atoms with Crippen molar-refractivity contribution in [3.8, 4) is 32.3 Å². The number of hydrogen-bond acceptors (Lipinski definition) is 4. The molecule has 0 aliphatic carbocycles. The van der Waals surface area contributed by atoms with Crippen LogP contribution < -0.4 is 5.32 Å². The van der Waals surface area contributed by atoms with Crippen molar-refractivity contribution >= 4 is 23.1 Å². The lowest BCUT2D eigenvalue weighted by Crippen LogP contribution is -2.12. The molecule has 0 saturated heterocycles. The van der Waals surface area contributed by atoms with E-state index in [1.807, 2.05) is 30.3 Å². The summed E-state index contributed by atoms with van der Waals surface area (Å²) in [7, 11) is 0. The van der Waals surface area contributed by atoms with Crippen LogP contribution in [0.5, 0.6) is 0 Å². The smallest absolute Gasteiger partial charge is 0.256 e. The highest BCUT2D eigenvalue weighted by molar-refractivity contribution is 7.19. The standard InChI is InChI=1S/C29H23N3OS/c1-19-11-13-22(14-12-19)29-32-26(23-10-6-7-20(2)17-23)27(34-29)24-15-16-30-25(18-24)31-28(33)21-8-4-3-5-9-21/h3-18H,1-2H3,(H,30,31,33). The topological polar surface area (TPSA) is 54.9 Å². The van der Waals surface area contributed by atoms with Crippen LogP contribution in [-0.2, 0) is 0 Å². The molecule has 0 radical (unpaired) electrons. The Bertz CT molecular complexity index is 1460. The van der Waals surface area contributed by atoms with E-state index >= 15 is 0 Å². The first-order valence-corrected chi connectivity index (χ1v) is 11.9. The van der Waals surface area contributed by atoms with Gasteiger partial charge in [0.25, 0.3) is 5.91 Å². The fourth-order valence-corrected chi connectivity index (χ4v) is 4.83. The summed E-state index contributed by atoms with van der Waals surface area (Å²) in [6, 6.07) is 29.8. The number of nitrogens with one attached hydrogen (secondary N) is 1. The van der Waals surface area contributed by atoms with E-state index in [0.717, 1.165) is 32.3 Å². The van der Waals surface area contributed by atoms with Crippen LogP contribution >= 0.6 is 11.3 Å². The lowest BCUT2D eigenvalue weighted by Gasteiger charge is -2.07. The largest absolute Gasteiger partial charge is 0.307 e. The summed E-state index contributed by atoms with van der Waals surface area (Å²) in [6.45, 7) is 4.16. The average Bonchev–Trinajstić information content (AvgIpc) is 3.31. The maximum Gasteiger partial charge on any atom is 0.256 e. The second-order valence-corrected chi connectivity index (χ2v) is 9.18. The van der Waals surface area contributed by atoms with E-state index in [1.165, 1.54) is 11.1 Å². The van der Waals surface area contributed by atoms with E-state index in [-0.39, 0.29) is 5.91 Å². The zero-order valence-corrected chi connectivity index (χ0v) is 19.8. The van der Waals surface area contributed by atoms with E-state index < -0.39 is 0 Å². The number of rotatable bonds is 5. The van der Waals surface area contributed by atoms with Crippen LogP contribution in [0.3, 0.4) is 0 Å². The molecule has 5 rings (SSSR count). The third-order valence-corrected chi connectivity index (χ3v) is 6.67. The number of hydrogen-bond donors (Lipinski definition) is 1. The number of thiazole rings is 1. The summed E-state index contributed by atoms with van der Waals surface area (Å²) < 4.78 is 0. The number of amides is 1. The quantitative estimate of drug-likeness (QED) is 0.296. The molecule has 5 aromatic rings. The van der Waals surface area contributed by atoms with Gasteiger partial charge in [0, 0.05) is 22.9 Å². The Kier molecular flexibility index (Phi) is 6.02. The fourth-order valence-electron chi connectivity index (χ4n) is 3.74. The van der Waals surface area contributed by atoms with E-state index in [4.69, 9.17) is 4.98 Å². The number of aryl methyl sites for hydroxylation is 2. The molecule has 0 saturated carbocycles. The molecule has 0 atom stereocenters. The van der Waals surface area contributed by atoms with Crippen molar-refractivity contribution in [3.63, 3.8) is 0 Å². The monoisotopic (exact) mass is 461 g/mol. The van der Waals surface area contributed by atoms with E-state index in [2.05, 4.69) is 72.7 Å². The van der Waals surface area contributed by atoms with Crippen LogP contribution in [-0.4, -0.2) is 15.9 Å². The molecule has 3 aromatic carbocycles. The first-order valence-electron chi connectivity index (χ1n) is 11.0. The minimum absolute atomic E-state index is 0.186. The number of nitrogens with zero attached hydrogens (tertiary/aromatic N) is 2. The van der Waals surface area contributed by atoms with Gasteiger partial charge in [-0.1, -0.05) is 71.8 Å². The summed E-state index contributed by atoms with van der Waals surface area (Å²) >= 11 is 1.64. The highest BCUT2D eigenvalue weighted by atomic mass is 32.1. The second kappa shape index (κ2) is 9.41. The number of carbonyl (C=O) groups excluding carboxylic acids is 1. The highest BCUT2D eigenvalue weighted by Gasteiger charge is 2.17. The third kappa shape index (κ3) is 4.65. The summed E-state index contributed by atoms with van der Waals surface area (Å²) in [5.41, 5.74) is 7.03. The Morgan fingerprint density at radius 3 is 2.32 bits per heavy atom. The highest BCUT2D eigenvalue weighted by Crippen LogP contribution is 2.41. The molecule has 1 amide bonds. The van der Waals surface area contributed by atoms with E-state index in [9.17, 15) is 4.79 Å². The Labute approximate surface area is 203 Å². The number of pyridine rings is 1. The first-order chi connectivity index (χ1) is 16.6. The van der Waals surface area contributed by atoms with Crippen LogP contribution in [0.2, 0.25) is 0 Å². The predicted octanol–water partition coefficient (Wildman–Crippen LogP) is 7.41. The van der Waals surface area contributed by atoms with Gasteiger partial charge >= 0.3 is 0 Å².